The maximum absolute atomic E-state index is 13.1. The maximum atomic E-state index is 13.1. The Hall–Kier alpha value is -1.85. The number of nitrogens with zero attached hydrogens (tertiary/aromatic N) is 2. The summed E-state index contributed by atoms with van der Waals surface area (Å²) in [6, 6.07) is 13.3. The van der Waals surface area contributed by atoms with E-state index in [0.29, 0.717) is 21.8 Å². The molecule has 2 aromatic carbocycles. The van der Waals surface area contributed by atoms with Crippen LogP contribution in [-0.4, -0.2) is 46.5 Å². The van der Waals surface area contributed by atoms with Crippen molar-refractivity contribution < 1.29 is 8.42 Å². The van der Waals surface area contributed by atoms with Crippen LogP contribution in [0, 0.1) is 6.92 Å². The molecule has 0 amide bonds. The molecule has 4 nitrogen and oxygen atoms in total. The zero-order chi connectivity index (χ0) is 18.5. The molecule has 2 atom stereocenters. The average molecular weight is 371 g/mol. The van der Waals surface area contributed by atoms with Crippen LogP contribution in [0.25, 0.3) is 0 Å². The number of sulfone groups is 1. The highest BCUT2D eigenvalue weighted by atomic mass is 32.2. The Morgan fingerprint density at radius 2 is 1.58 bits per heavy atom. The molecule has 1 unspecified atom stereocenters. The van der Waals surface area contributed by atoms with E-state index in [-0.39, 0.29) is 0 Å². The second kappa shape index (κ2) is 6.39. The molecule has 0 N–H and O–H groups in total. The lowest BCUT2D eigenvalue weighted by molar-refractivity contribution is 0.345. The Balaban J connectivity index is 1.75. The van der Waals surface area contributed by atoms with Gasteiger partial charge in [0.2, 0.25) is 9.84 Å². The van der Waals surface area contributed by atoms with Crippen molar-refractivity contribution in [2.24, 2.45) is 0 Å². The summed E-state index contributed by atoms with van der Waals surface area (Å²) in [6.07, 6.45) is 2.19. The quantitative estimate of drug-likeness (QED) is 0.812. The Kier molecular flexibility index (Phi) is 4.32. The molecule has 0 bridgehead atoms. The Morgan fingerprint density at radius 1 is 0.923 bits per heavy atom. The molecule has 0 spiro atoms. The minimum absolute atomic E-state index is 0.367. The summed E-state index contributed by atoms with van der Waals surface area (Å²) in [4.78, 5) is 5.50. The first-order valence-corrected chi connectivity index (χ1v) is 10.7. The summed E-state index contributed by atoms with van der Waals surface area (Å²) < 4.78 is 26.2. The molecule has 1 saturated heterocycles. The molecule has 138 valence electrons. The Bertz CT molecular complexity index is 922. The third kappa shape index (κ3) is 2.83. The van der Waals surface area contributed by atoms with E-state index in [4.69, 9.17) is 0 Å². The first-order valence-electron chi connectivity index (χ1n) is 9.25. The van der Waals surface area contributed by atoms with Gasteiger partial charge in [0.1, 0.15) is 0 Å². The minimum Gasteiger partial charge on any atom is -0.371 e. The number of anilines is 1. The van der Waals surface area contributed by atoms with E-state index >= 15 is 0 Å². The summed E-state index contributed by atoms with van der Waals surface area (Å²) in [6.45, 7) is 4.11. The number of aryl methyl sites for hydroxylation is 1. The van der Waals surface area contributed by atoms with Gasteiger partial charge in [-0.2, -0.15) is 0 Å². The van der Waals surface area contributed by atoms with E-state index in [2.05, 4.69) is 23.9 Å². The zero-order valence-corrected chi connectivity index (χ0v) is 16.5. The number of benzene rings is 2. The molecule has 1 fully saturated rings. The summed E-state index contributed by atoms with van der Waals surface area (Å²) in [5, 5.41) is 0. The topological polar surface area (TPSA) is 40.6 Å². The lowest BCUT2D eigenvalue weighted by atomic mass is 9.91. The molecule has 2 aliphatic heterocycles. The normalized spacial score (nSPS) is 23.4. The zero-order valence-electron chi connectivity index (χ0n) is 15.6. The van der Waals surface area contributed by atoms with Crippen molar-refractivity contribution in [1.29, 1.82) is 0 Å². The van der Waals surface area contributed by atoms with Crippen molar-refractivity contribution in [1.82, 2.24) is 4.90 Å². The molecular formula is C21H26N2O2S. The predicted molar refractivity (Wildman–Crippen MR) is 105 cm³/mol. The largest absolute Gasteiger partial charge is 0.371 e. The summed E-state index contributed by atoms with van der Waals surface area (Å²) in [5.74, 6) is 0.410. The van der Waals surface area contributed by atoms with Gasteiger partial charge < -0.3 is 9.80 Å². The van der Waals surface area contributed by atoms with Crippen molar-refractivity contribution in [3.05, 3.63) is 53.6 Å². The third-order valence-electron chi connectivity index (χ3n) is 6.01. The van der Waals surface area contributed by atoms with Crippen molar-refractivity contribution in [2.45, 2.75) is 41.5 Å². The highest BCUT2D eigenvalue weighted by molar-refractivity contribution is 7.91. The monoisotopic (exact) mass is 370 g/mol. The van der Waals surface area contributed by atoms with E-state index in [9.17, 15) is 8.42 Å². The van der Waals surface area contributed by atoms with Crippen LogP contribution in [0.1, 0.15) is 29.9 Å². The molecule has 0 saturated carbocycles. The number of hydrogen-bond acceptors (Lipinski definition) is 4. The Morgan fingerprint density at radius 3 is 2.31 bits per heavy atom. The number of hydrogen-bond donors (Lipinski definition) is 0. The van der Waals surface area contributed by atoms with E-state index < -0.39 is 9.84 Å². The fraction of sp³-hybridized carbons (Fsp3) is 0.429. The van der Waals surface area contributed by atoms with Crippen molar-refractivity contribution in [2.75, 3.05) is 32.1 Å². The molecule has 0 radical (unpaired) electrons. The lowest BCUT2D eigenvalue weighted by Gasteiger charge is -2.25. The van der Waals surface area contributed by atoms with Gasteiger partial charge in [0.15, 0.2) is 0 Å². The van der Waals surface area contributed by atoms with Gasteiger partial charge in [-0.25, -0.2) is 8.42 Å². The highest BCUT2D eigenvalue weighted by Crippen LogP contribution is 2.45. The Labute approximate surface area is 156 Å². The lowest BCUT2D eigenvalue weighted by Crippen LogP contribution is -2.31. The summed E-state index contributed by atoms with van der Waals surface area (Å²) in [5.41, 5.74) is 3.44. The van der Waals surface area contributed by atoms with Crippen LogP contribution < -0.4 is 4.90 Å². The summed E-state index contributed by atoms with van der Waals surface area (Å²) in [7, 11) is 0.827. The molecule has 2 aliphatic rings. The molecule has 4 rings (SSSR count). The van der Waals surface area contributed by atoms with Crippen LogP contribution in [0.2, 0.25) is 0 Å². The number of likely N-dealkylation sites (N-methyl/N-ethyl adjacent to an activating group) is 1. The van der Waals surface area contributed by atoms with Crippen molar-refractivity contribution in [3.8, 4) is 0 Å². The standard InChI is InChI=1S/C21H26N2O2S/c1-15-4-6-16(7-5-15)26(24,25)17-8-9-20-19(14-17)18-10-12-22(2)13-11-21(18)23(20)3/h4-9,14,18,21H,10-13H2,1-3H3/t18-,21?/m0/s1. The molecule has 5 heteroatoms. The van der Waals surface area contributed by atoms with Gasteiger partial charge >= 0.3 is 0 Å². The fourth-order valence-electron chi connectivity index (χ4n) is 4.39. The second-order valence-corrected chi connectivity index (χ2v) is 9.65. The fourth-order valence-corrected chi connectivity index (χ4v) is 5.69. The first kappa shape index (κ1) is 17.6. The van der Waals surface area contributed by atoms with E-state index in [0.717, 1.165) is 31.5 Å². The van der Waals surface area contributed by atoms with Gasteiger partial charge in [-0.3, -0.25) is 0 Å². The molecule has 2 aromatic rings. The predicted octanol–water partition coefficient (Wildman–Crippen LogP) is 3.46. The molecule has 26 heavy (non-hydrogen) atoms. The van der Waals surface area contributed by atoms with Gasteiger partial charge in [-0.15, -0.1) is 0 Å². The van der Waals surface area contributed by atoms with Crippen LogP contribution in [-0.2, 0) is 9.84 Å². The van der Waals surface area contributed by atoms with Crippen LogP contribution in [0.15, 0.2) is 52.3 Å². The summed E-state index contributed by atoms with van der Waals surface area (Å²) >= 11 is 0. The average Bonchev–Trinajstić information content (AvgIpc) is 2.76. The first-order chi connectivity index (χ1) is 12.4. The second-order valence-electron chi connectivity index (χ2n) is 7.70. The molecule has 2 heterocycles. The van der Waals surface area contributed by atoms with Crippen molar-refractivity contribution >= 4 is 15.5 Å². The number of rotatable bonds is 2. The maximum Gasteiger partial charge on any atom is 0.206 e. The van der Waals surface area contributed by atoms with Crippen LogP contribution in [0.3, 0.4) is 0 Å². The van der Waals surface area contributed by atoms with Gasteiger partial charge in [-0.05, 0) is 75.8 Å². The van der Waals surface area contributed by atoms with Crippen molar-refractivity contribution in [3.63, 3.8) is 0 Å². The van der Waals surface area contributed by atoms with Crippen LogP contribution in [0.5, 0.6) is 0 Å². The van der Waals surface area contributed by atoms with Crippen LogP contribution in [0.4, 0.5) is 5.69 Å². The SMILES string of the molecule is Cc1ccc(S(=O)(=O)c2ccc3c(c2)[C@@H]2CCN(C)CCC2N3C)cc1. The van der Waals surface area contributed by atoms with E-state index in [1.165, 1.54) is 11.3 Å². The van der Waals surface area contributed by atoms with Gasteiger partial charge in [0.05, 0.1) is 9.79 Å². The highest BCUT2D eigenvalue weighted by Gasteiger charge is 2.38. The van der Waals surface area contributed by atoms with E-state index in [1.807, 2.05) is 31.2 Å². The van der Waals surface area contributed by atoms with Crippen LogP contribution >= 0.6 is 0 Å². The van der Waals surface area contributed by atoms with Gasteiger partial charge in [0, 0.05) is 24.7 Å². The minimum atomic E-state index is -3.48. The molecule has 0 aromatic heterocycles. The number of likely N-dealkylation sites (tertiary alicyclic amines) is 1. The third-order valence-corrected chi connectivity index (χ3v) is 7.78. The molecular weight excluding hydrogens is 344 g/mol. The molecule has 0 aliphatic carbocycles. The smallest absolute Gasteiger partial charge is 0.206 e. The van der Waals surface area contributed by atoms with Gasteiger partial charge in [0.25, 0.3) is 0 Å². The number of fused-ring (bicyclic) bond motifs is 3. The van der Waals surface area contributed by atoms with E-state index in [1.54, 1.807) is 18.2 Å². The van der Waals surface area contributed by atoms with Gasteiger partial charge in [-0.1, -0.05) is 17.7 Å².